The van der Waals surface area contributed by atoms with Crippen molar-refractivity contribution in [1.82, 2.24) is 29.4 Å². The van der Waals surface area contributed by atoms with E-state index in [9.17, 15) is 43.2 Å². The molecular formula is C116H220N6O15S3. The number of ether oxygens (including phenoxy) is 6. The molecule has 822 valence electrons. The van der Waals surface area contributed by atoms with Crippen molar-refractivity contribution in [1.29, 1.82) is 0 Å². The van der Waals surface area contributed by atoms with E-state index in [0.29, 0.717) is 110 Å². The Morgan fingerprint density at radius 3 is 0.629 bits per heavy atom. The first-order chi connectivity index (χ1) is 68.0. The fraction of sp³-hybridized carbons (Fsp3) is 0.871. The number of esters is 6. The minimum absolute atomic E-state index is 0.0170. The lowest BCUT2D eigenvalue weighted by atomic mass is 10.0. The summed E-state index contributed by atoms with van der Waals surface area (Å²) in [5.41, 5.74) is 0. The maximum atomic E-state index is 13.1. The number of carbonyl (C=O) groups excluding carboxylic acids is 9. The van der Waals surface area contributed by atoms with Gasteiger partial charge in [-0.2, -0.15) is 0 Å². The van der Waals surface area contributed by atoms with Gasteiger partial charge in [-0.3, -0.25) is 43.2 Å². The number of nitrogens with zero attached hydrogens (tertiary/aromatic N) is 6. The molecule has 0 bridgehead atoms. The predicted octanol–water partition coefficient (Wildman–Crippen LogP) is 31.8. The van der Waals surface area contributed by atoms with Crippen molar-refractivity contribution in [3.63, 3.8) is 0 Å². The molecule has 3 amide bonds. The van der Waals surface area contributed by atoms with Crippen LogP contribution in [0.3, 0.4) is 0 Å². The molecule has 0 aliphatic heterocycles. The fourth-order valence-corrected chi connectivity index (χ4v) is 19.0. The third kappa shape index (κ3) is 103. The maximum absolute atomic E-state index is 13.1. The topological polar surface area (TPSA) is 228 Å². The van der Waals surface area contributed by atoms with Crippen LogP contribution >= 0.6 is 35.3 Å². The first-order valence-electron chi connectivity index (χ1n) is 57.7. The number of hydrogen-bond acceptors (Lipinski definition) is 21. The average Bonchev–Trinajstić information content (AvgIpc) is 0.932. The molecule has 0 aromatic rings. The summed E-state index contributed by atoms with van der Waals surface area (Å²) in [7, 11) is 12.1. The molecule has 24 heteroatoms. The zero-order chi connectivity index (χ0) is 104. The highest BCUT2D eigenvalue weighted by Crippen LogP contribution is 2.25. The van der Waals surface area contributed by atoms with E-state index in [4.69, 9.17) is 28.4 Å². The standard InChI is InChI=1S/C40H76N2O5S.C39H74N2O5S.C37H70N2O5S/c1-6-9-12-15-16-19-27-35-46-38(43)30-23-20-25-32-42(40(45)48-36-34-41(4)5)33-26-24-31-39(44)47-37(28-21-17-13-10-7-2)29-22-18-14-11-8-3;1-6-9-12-15-16-19-25-34-45-37(42)29-23-20-24-31-41(39(44)47-35-33-40(4)5)32-26-30-38(43)46-36(27-21-17-13-10-7-2)28-22-18-14-11-8-3;1-6-9-12-15-16-17-23-32-43-35(40)27-21-18-22-29-39(37(42)45-33-31-38(4)5)30-24-28-36(41)44-34(25-19-13-10-7-2)26-20-14-11-8-3/h19,27,37H,6-18,20-26,28-36H2,1-5H3;19,25,36H,6-18,20-24,26-35H2,1-5H3;17,23,34H,6-16,18-22,24-33H2,1-5H3/b27-19-;25-19-;23-17-. The molecule has 0 saturated carbocycles. The van der Waals surface area contributed by atoms with Crippen molar-refractivity contribution in [3.05, 3.63) is 36.5 Å². The summed E-state index contributed by atoms with van der Waals surface area (Å²) in [6.07, 6.45) is 82.3. The summed E-state index contributed by atoms with van der Waals surface area (Å²) in [6.45, 7) is 27.2. The average molecular weight is 2040 g/mol. The molecule has 0 rings (SSSR count). The number of hydrogen-bond donors (Lipinski definition) is 0. The van der Waals surface area contributed by atoms with Gasteiger partial charge in [-0.15, -0.1) is 0 Å². The van der Waals surface area contributed by atoms with Crippen LogP contribution in [-0.2, 0) is 57.2 Å². The second kappa shape index (κ2) is 110. The van der Waals surface area contributed by atoms with Gasteiger partial charge in [0, 0.05) is 115 Å². The minimum Gasteiger partial charge on any atom is -0.462 e. The van der Waals surface area contributed by atoms with Gasteiger partial charge in [0.05, 0.1) is 0 Å². The van der Waals surface area contributed by atoms with Gasteiger partial charge in [-0.1, -0.05) is 352 Å². The van der Waals surface area contributed by atoms with E-state index < -0.39 is 0 Å². The van der Waals surface area contributed by atoms with Crippen LogP contribution in [0.25, 0.3) is 0 Å². The lowest BCUT2D eigenvalue weighted by Crippen LogP contribution is -2.31. The van der Waals surface area contributed by atoms with Gasteiger partial charge >= 0.3 is 35.8 Å². The second-order valence-electron chi connectivity index (χ2n) is 39.7. The monoisotopic (exact) mass is 2030 g/mol. The third-order valence-electron chi connectivity index (χ3n) is 25.0. The largest absolute Gasteiger partial charge is 0.462 e. The van der Waals surface area contributed by atoms with Crippen LogP contribution in [0.5, 0.6) is 0 Å². The molecule has 0 unspecified atom stereocenters. The molecule has 0 aromatic heterocycles. The molecule has 0 saturated heterocycles. The van der Waals surface area contributed by atoms with Crippen LogP contribution < -0.4 is 0 Å². The molecular weight excluding hydrogens is 1810 g/mol. The van der Waals surface area contributed by atoms with Gasteiger partial charge in [0.1, 0.15) is 38.1 Å². The predicted molar refractivity (Wildman–Crippen MR) is 599 cm³/mol. The number of thioether (sulfide) groups is 3. The Morgan fingerprint density at radius 2 is 0.393 bits per heavy atom. The van der Waals surface area contributed by atoms with E-state index in [0.717, 1.165) is 204 Å². The van der Waals surface area contributed by atoms with Crippen LogP contribution in [-0.4, -0.2) is 238 Å². The summed E-state index contributed by atoms with van der Waals surface area (Å²) in [4.78, 5) is 126. The Labute approximate surface area is 874 Å². The summed E-state index contributed by atoms with van der Waals surface area (Å²) in [5.74, 6) is 1.40. The first kappa shape index (κ1) is 140. The van der Waals surface area contributed by atoms with E-state index in [1.165, 1.54) is 254 Å². The molecule has 0 fully saturated rings. The molecule has 0 N–H and O–H groups in total. The highest BCUT2D eigenvalue weighted by molar-refractivity contribution is 8.14. The molecule has 0 radical (unpaired) electrons. The zero-order valence-corrected chi connectivity index (χ0v) is 95.9. The van der Waals surface area contributed by atoms with Crippen molar-refractivity contribution < 1.29 is 71.6 Å². The summed E-state index contributed by atoms with van der Waals surface area (Å²) in [5, 5.41) is 0.237. The second-order valence-corrected chi connectivity index (χ2v) is 42.8. The third-order valence-corrected chi connectivity index (χ3v) is 27.7. The van der Waals surface area contributed by atoms with Gasteiger partial charge < -0.3 is 57.8 Å². The first-order valence-corrected chi connectivity index (χ1v) is 60.7. The number of amides is 3. The quantitative estimate of drug-likeness (QED) is 0.0238. The van der Waals surface area contributed by atoms with Gasteiger partial charge in [0.15, 0.2) is 0 Å². The Balaban J connectivity index is -0.00000201. The fourth-order valence-electron chi connectivity index (χ4n) is 16.0. The lowest BCUT2D eigenvalue weighted by molar-refractivity contribution is -0.151. The lowest BCUT2D eigenvalue weighted by Gasteiger charge is -2.23. The number of unbranched alkanes of at least 4 members (excludes halogenated alkanes) is 41. The normalized spacial score (nSPS) is 11.6. The van der Waals surface area contributed by atoms with E-state index in [2.05, 4.69) is 95.2 Å². The SMILES string of the molecule is CCCCCC/C=C\COC(=O)CCCCCN(CCCC(=O)OC(CCCCCC)CCCCCC)C(=O)SCCN(C)C.CCCCCC/C=C\COC(=O)CCCCCN(CCCC(=O)OC(CCCCCCC)CCCCCCC)C(=O)SCCN(C)C.CCCCCC/C=C\COC(=O)CCCCCN(CCCCC(=O)OC(CCCCCCC)CCCCCCC)C(=O)SCCN(C)C. The summed E-state index contributed by atoms with van der Waals surface area (Å²) < 4.78 is 33.9. The van der Waals surface area contributed by atoms with Crippen LogP contribution in [0.4, 0.5) is 14.4 Å². The van der Waals surface area contributed by atoms with Crippen molar-refractivity contribution in [2.75, 3.05) is 138 Å². The van der Waals surface area contributed by atoms with Gasteiger partial charge in [-0.25, -0.2) is 0 Å². The van der Waals surface area contributed by atoms with E-state index >= 15 is 0 Å². The Morgan fingerprint density at radius 1 is 0.207 bits per heavy atom. The van der Waals surface area contributed by atoms with Crippen LogP contribution in [0, 0.1) is 0 Å². The summed E-state index contributed by atoms with van der Waals surface area (Å²) in [6, 6.07) is 0. The van der Waals surface area contributed by atoms with Crippen LogP contribution in [0.2, 0.25) is 0 Å². The van der Waals surface area contributed by atoms with E-state index in [1.807, 2.05) is 75.2 Å². The molecule has 0 aliphatic carbocycles. The molecule has 0 aliphatic rings. The van der Waals surface area contributed by atoms with Crippen molar-refractivity contribution in [3.8, 4) is 0 Å². The van der Waals surface area contributed by atoms with E-state index in [-0.39, 0.29) is 69.8 Å². The molecule has 0 spiro atoms. The highest BCUT2D eigenvalue weighted by atomic mass is 32.2. The van der Waals surface area contributed by atoms with Gasteiger partial charge in [0.25, 0.3) is 15.7 Å². The number of carbonyl (C=O) groups is 9. The van der Waals surface area contributed by atoms with Crippen LogP contribution in [0.1, 0.15) is 499 Å². The Bertz CT molecular complexity index is 2870. The molecule has 0 aromatic carbocycles. The van der Waals surface area contributed by atoms with Crippen molar-refractivity contribution in [2.24, 2.45) is 0 Å². The van der Waals surface area contributed by atoms with Crippen LogP contribution in [0.15, 0.2) is 36.5 Å². The maximum Gasteiger partial charge on any atom is 0.306 e. The smallest absolute Gasteiger partial charge is 0.306 e. The molecule has 21 nitrogen and oxygen atoms in total. The van der Waals surface area contributed by atoms with Gasteiger partial charge in [0.2, 0.25) is 0 Å². The highest BCUT2D eigenvalue weighted by Gasteiger charge is 2.23. The van der Waals surface area contributed by atoms with Crippen molar-refractivity contribution >= 4 is 86.8 Å². The minimum atomic E-state index is -0.162. The number of rotatable bonds is 98. The van der Waals surface area contributed by atoms with Gasteiger partial charge in [-0.05, 0) is 222 Å². The molecule has 0 heterocycles. The summed E-state index contributed by atoms with van der Waals surface area (Å²) >= 11 is 4.06. The van der Waals surface area contributed by atoms with E-state index in [1.54, 1.807) is 0 Å². The molecule has 140 heavy (non-hydrogen) atoms. The van der Waals surface area contributed by atoms with Crippen molar-refractivity contribution in [2.45, 2.75) is 517 Å². The molecule has 0 atom stereocenters. The Hall–Kier alpha value is -4.62. The Kier molecular flexibility index (Phi) is 110. The number of allylic oxidation sites excluding steroid dienone is 3. The zero-order valence-electron chi connectivity index (χ0n) is 93.4.